The molecule has 2 amide bonds. The summed E-state index contributed by atoms with van der Waals surface area (Å²) in [6, 6.07) is 13.7. The van der Waals surface area contributed by atoms with E-state index in [0.29, 0.717) is 43.2 Å². The first kappa shape index (κ1) is 25.1. The number of carbonyl (C=O) groups is 2. The SMILES string of the molecule is C=CCSc1ncccc1C(=O)N1CCC(c2nc(C(=O)N(CC)Cc3ccccc3)cs2)CC1. The molecular weight excluding hydrogens is 476 g/mol. The zero-order chi connectivity index (χ0) is 24.6. The summed E-state index contributed by atoms with van der Waals surface area (Å²) in [5, 5.41) is 3.61. The van der Waals surface area contributed by atoms with Gasteiger partial charge in [-0.1, -0.05) is 36.4 Å². The molecule has 6 nitrogen and oxygen atoms in total. The van der Waals surface area contributed by atoms with E-state index in [1.54, 1.807) is 17.5 Å². The number of hydrogen-bond acceptors (Lipinski definition) is 6. The van der Waals surface area contributed by atoms with Crippen LogP contribution in [0.3, 0.4) is 0 Å². The maximum absolute atomic E-state index is 13.2. The van der Waals surface area contributed by atoms with Crippen LogP contribution in [0.25, 0.3) is 0 Å². The normalized spacial score (nSPS) is 14.0. The van der Waals surface area contributed by atoms with Gasteiger partial charge in [0.05, 0.1) is 10.6 Å². The zero-order valence-electron chi connectivity index (χ0n) is 19.9. The first-order valence-electron chi connectivity index (χ1n) is 11.9. The lowest BCUT2D eigenvalue weighted by atomic mass is 9.97. The van der Waals surface area contributed by atoms with Crippen LogP contribution in [-0.4, -0.2) is 57.0 Å². The van der Waals surface area contributed by atoms with Crippen LogP contribution < -0.4 is 0 Å². The smallest absolute Gasteiger partial charge is 0.273 e. The molecule has 1 saturated heterocycles. The first-order chi connectivity index (χ1) is 17.1. The highest BCUT2D eigenvalue weighted by atomic mass is 32.2. The number of likely N-dealkylation sites (tertiary alicyclic amines) is 1. The molecule has 0 N–H and O–H groups in total. The van der Waals surface area contributed by atoms with Gasteiger partial charge in [0, 0.05) is 49.4 Å². The fourth-order valence-corrected chi connectivity index (χ4v) is 5.86. The largest absolute Gasteiger partial charge is 0.339 e. The van der Waals surface area contributed by atoms with Crippen molar-refractivity contribution < 1.29 is 9.59 Å². The Balaban J connectivity index is 1.36. The summed E-state index contributed by atoms with van der Waals surface area (Å²) in [6.07, 6.45) is 5.20. The molecule has 1 aliphatic heterocycles. The van der Waals surface area contributed by atoms with Crippen molar-refractivity contribution in [3.05, 3.63) is 88.5 Å². The summed E-state index contributed by atoms with van der Waals surface area (Å²) < 4.78 is 0. The highest BCUT2D eigenvalue weighted by molar-refractivity contribution is 7.99. The molecule has 0 bridgehead atoms. The second-order valence-electron chi connectivity index (χ2n) is 8.40. The molecule has 4 rings (SSSR count). The highest BCUT2D eigenvalue weighted by Crippen LogP contribution is 2.32. The van der Waals surface area contributed by atoms with Crippen LogP contribution in [0.2, 0.25) is 0 Å². The molecule has 3 aromatic rings. The standard InChI is InChI=1S/C27H30N4O2S2/c1-3-17-34-25-22(11-8-14-28-25)26(32)31-15-12-21(13-16-31)24-29-23(19-35-24)27(33)30(4-2)18-20-9-6-5-7-10-20/h3,5-11,14,19,21H,1,4,12-13,15-18H2,2H3. The molecular formula is C27H30N4O2S2. The maximum Gasteiger partial charge on any atom is 0.273 e. The van der Waals surface area contributed by atoms with Gasteiger partial charge in [0.25, 0.3) is 11.8 Å². The minimum absolute atomic E-state index is 0.0256. The van der Waals surface area contributed by atoms with Crippen LogP contribution in [0.5, 0.6) is 0 Å². The van der Waals surface area contributed by atoms with E-state index in [-0.39, 0.29) is 17.7 Å². The molecule has 1 aliphatic rings. The van der Waals surface area contributed by atoms with Crippen molar-refractivity contribution in [3.8, 4) is 0 Å². The third-order valence-electron chi connectivity index (χ3n) is 6.10. The van der Waals surface area contributed by atoms with E-state index in [4.69, 9.17) is 4.98 Å². The molecule has 35 heavy (non-hydrogen) atoms. The van der Waals surface area contributed by atoms with Gasteiger partial charge in [0.1, 0.15) is 10.7 Å². The third kappa shape index (κ3) is 6.18. The van der Waals surface area contributed by atoms with Crippen molar-refractivity contribution in [3.63, 3.8) is 0 Å². The number of hydrogen-bond donors (Lipinski definition) is 0. The number of pyridine rings is 1. The second kappa shape index (κ2) is 12.1. The molecule has 1 fully saturated rings. The predicted molar refractivity (Wildman–Crippen MR) is 142 cm³/mol. The number of benzene rings is 1. The minimum atomic E-state index is -0.0346. The number of amides is 2. The molecule has 3 heterocycles. The third-order valence-corrected chi connectivity index (χ3v) is 8.11. The Hall–Kier alpha value is -2.97. The molecule has 0 aliphatic carbocycles. The lowest BCUT2D eigenvalue weighted by molar-refractivity contribution is 0.0708. The Morgan fingerprint density at radius 3 is 2.69 bits per heavy atom. The topological polar surface area (TPSA) is 66.4 Å². The van der Waals surface area contributed by atoms with Gasteiger partial charge in [0.15, 0.2) is 0 Å². The van der Waals surface area contributed by atoms with Crippen LogP contribution in [0.1, 0.15) is 57.1 Å². The van der Waals surface area contributed by atoms with E-state index in [0.717, 1.165) is 28.4 Å². The number of aromatic nitrogens is 2. The molecule has 0 saturated carbocycles. The maximum atomic E-state index is 13.2. The van der Waals surface area contributed by atoms with E-state index < -0.39 is 0 Å². The number of thiazole rings is 1. The van der Waals surface area contributed by atoms with Crippen LogP contribution in [-0.2, 0) is 6.54 Å². The van der Waals surface area contributed by atoms with Crippen molar-refractivity contribution in [2.75, 3.05) is 25.4 Å². The Kier molecular flexibility index (Phi) is 8.71. The van der Waals surface area contributed by atoms with Crippen molar-refractivity contribution >= 4 is 34.9 Å². The molecule has 0 radical (unpaired) electrons. The quantitative estimate of drug-likeness (QED) is 0.283. The van der Waals surface area contributed by atoms with Gasteiger partial charge >= 0.3 is 0 Å². The average molecular weight is 507 g/mol. The lowest BCUT2D eigenvalue weighted by Crippen LogP contribution is -2.38. The highest BCUT2D eigenvalue weighted by Gasteiger charge is 2.28. The summed E-state index contributed by atoms with van der Waals surface area (Å²) in [5.74, 6) is 0.967. The molecule has 0 unspecified atom stereocenters. The van der Waals surface area contributed by atoms with Gasteiger partial charge < -0.3 is 9.80 Å². The predicted octanol–water partition coefficient (Wildman–Crippen LogP) is 5.50. The van der Waals surface area contributed by atoms with Crippen LogP contribution in [0, 0.1) is 0 Å². The molecule has 2 aromatic heterocycles. The average Bonchev–Trinajstić information content (AvgIpc) is 3.41. The van der Waals surface area contributed by atoms with Gasteiger partial charge in [-0.25, -0.2) is 9.97 Å². The van der Waals surface area contributed by atoms with E-state index in [2.05, 4.69) is 11.6 Å². The van der Waals surface area contributed by atoms with E-state index >= 15 is 0 Å². The first-order valence-corrected chi connectivity index (χ1v) is 13.7. The van der Waals surface area contributed by atoms with Gasteiger partial charge in [0.2, 0.25) is 0 Å². The van der Waals surface area contributed by atoms with Crippen LogP contribution >= 0.6 is 23.1 Å². The summed E-state index contributed by atoms with van der Waals surface area (Å²) in [6.45, 7) is 8.28. The number of piperidine rings is 1. The summed E-state index contributed by atoms with van der Waals surface area (Å²) in [5.41, 5.74) is 2.27. The van der Waals surface area contributed by atoms with E-state index in [1.165, 1.54) is 11.8 Å². The molecule has 8 heteroatoms. The second-order valence-corrected chi connectivity index (χ2v) is 10.3. The van der Waals surface area contributed by atoms with Gasteiger partial charge in [-0.05, 0) is 37.5 Å². The van der Waals surface area contributed by atoms with Gasteiger partial charge in [-0.2, -0.15) is 0 Å². The van der Waals surface area contributed by atoms with E-state index in [9.17, 15) is 9.59 Å². The molecule has 182 valence electrons. The summed E-state index contributed by atoms with van der Waals surface area (Å²) in [4.78, 5) is 39.1. The monoisotopic (exact) mass is 506 g/mol. The van der Waals surface area contributed by atoms with E-state index in [1.807, 2.05) is 70.6 Å². The van der Waals surface area contributed by atoms with Crippen molar-refractivity contribution in [2.45, 2.75) is 37.3 Å². The lowest BCUT2D eigenvalue weighted by Gasteiger charge is -2.31. The minimum Gasteiger partial charge on any atom is -0.339 e. The number of carbonyl (C=O) groups excluding carboxylic acids is 2. The fourth-order valence-electron chi connectivity index (χ4n) is 4.17. The fraction of sp³-hybridized carbons (Fsp3) is 0.333. The van der Waals surface area contributed by atoms with Crippen molar-refractivity contribution in [1.29, 1.82) is 0 Å². The van der Waals surface area contributed by atoms with Crippen molar-refractivity contribution in [1.82, 2.24) is 19.8 Å². The number of nitrogens with zero attached hydrogens (tertiary/aromatic N) is 4. The van der Waals surface area contributed by atoms with Crippen molar-refractivity contribution in [2.24, 2.45) is 0 Å². The number of rotatable bonds is 9. The molecule has 1 aromatic carbocycles. The molecule has 0 atom stereocenters. The Bertz CT molecular complexity index is 1160. The van der Waals surface area contributed by atoms with Crippen LogP contribution in [0.15, 0.2) is 71.7 Å². The Morgan fingerprint density at radius 2 is 1.97 bits per heavy atom. The van der Waals surface area contributed by atoms with Crippen LogP contribution in [0.4, 0.5) is 0 Å². The van der Waals surface area contributed by atoms with Gasteiger partial charge in [-0.3, -0.25) is 9.59 Å². The number of thioether (sulfide) groups is 1. The van der Waals surface area contributed by atoms with Gasteiger partial charge in [-0.15, -0.1) is 29.7 Å². The Labute approximate surface area is 215 Å². The summed E-state index contributed by atoms with van der Waals surface area (Å²) in [7, 11) is 0. The Morgan fingerprint density at radius 1 is 1.20 bits per heavy atom. The summed E-state index contributed by atoms with van der Waals surface area (Å²) >= 11 is 3.08. The zero-order valence-corrected chi connectivity index (χ0v) is 21.6. The molecule has 0 spiro atoms.